The van der Waals surface area contributed by atoms with Gasteiger partial charge in [0.2, 0.25) is 5.91 Å². The first kappa shape index (κ1) is 24.8. The Bertz CT molecular complexity index is 675. The lowest BCUT2D eigenvalue weighted by Crippen LogP contribution is -2.49. The van der Waals surface area contributed by atoms with Crippen molar-refractivity contribution in [2.24, 2.45) is 5.73 Å². The third-order valence-electron chi connectivity index (χ3n) is 4.26. The van der Waals surface area contributed by atoms with Crippen LogP contribution in [-0.2, 0) is 17.6 Å². The van der Waals surface area contributed by atoms with Gasteiger partial charge in [-0.25, -0.2) is 9.37 Å². The Labute approximate surface area is 170 Å². The van der Waals surface area contributed by atoms with Crippen molar-refractivity contribution < 1.29 is 9.18 Å². The minimum absolute atomic E-state index is 0. The van der Waals surface area contributed by atoms with Crippen molar-refractivity contribution >= 4 is 42.1 Å². The van der Waals surface area contributed by atoms with Crippen molar-refractivity contribution in [3.63, 3.8) is 0 Å². The summed E-state index contributed by atoms with van der Waals surface area (Å²) in [5, 5.41) is 5.71. The number of carbonyl (C=O) groups excluding carboxylic acids is 1. The fourth-order valence-corrected chi connectivity index (χ4v) is 3.12. The topological polar surface area (TPSA) is 68.0 Å². The molecule has 8 heteroatoms. The summed E-state index contributed by atoms with van der Waals surface area (Å²) in [7, 11) is 0. The van der Waals surface area contributed by atoms with Crippen LogP contribution in [0.1, 0.15) is 43.0 Å². The lowest BCUT2D eigenvalue weighted by atomic mass is 9.94. The molecule has 4 nitrogen and oxygen atoms in total. The van der Waals surface area contributed by atoms with Crippen molar-refractivity contribution in [1.29, 1.82) is 0 Å². The SMILES string of the molecule is CCC(N)(CC)CNC(=O)Cc1csc(Cc2ccc(F)cc2)n1.Cl.Cl. The number of hydrogen-bond acceptors (Lipinski definition) is 4. The number of benzene rings is 1. The van der Waals surface area contributed by atoms with E-state index in [9.17, 15) is 9.18 Å². The van der Waals surface area contributed by atoms with E-state index in [1.165, 1.54) is 23.5 Å². The number of carbonyl (C=O) groups is 1. The zero-order valence-corrected chi connectivity index (χ0v) is 17.4. The fraction of sp³-hybridized carbons (Fsp3) is 0.444. The Morgan fingerprint density at radius 2 is 1.85 bits per heavy atom. The van der Waals surface area contributed by atoms with E-state index >= 15 is 0 Å². The van der Waals surface area contributed by atoms with E-state index in [2.05, 4.69) is 10.3 Å². The molecule has 1 aromatic heterocycles. The summed E-state index contributed by atoms with van der Waals surface area (Å²) in [6.07, 6.45) is 2.54. The highest BCUT2D eigenvalue weighted by Crippen LogP contribution is 2.16. The molecular formula is C18H26Cl2FN3OS. The molecule has 0 saturated heterocycles. The molecule has 1 heterocycles. The maximum Gasteiger partial charge on any atom is 0.226 e. The van der Waals surface area contributed by atoms with Crippen LogP contribution in [0.2, 0.25) is 0 Å². The second kappa shape index (κ2) is 11.5. The maximum absolute atomic E-state index is 12.9. The van der Waals surface area contributed by atoms with Gasteiger partial charge in [0.1, 0.15) is 5.82 Å². The number of nitrogens with zero attached hydrogens (tertiary/aromatic N) is 1. The second-order valence-electron chi connectivity index (χ2n) is 6.06. The number of nitrogens with two attached hydrogens (primary N) is 1. The number of hydrogen-bond donors (Lipinski definition) is 2. The van der Waals surface area contributed by atoms with Crippen LogP contribution in [0.4, 0.5) is 4.39 Å². The molecule has 0 spiro atoms. The predicted octanol–water partition coefficient (Wildman–Crippen LogP) is 3.89. The molecule has 1 aromatic carbocycles. The standard InChI is InChI=1S/C18H24FN3OS.2ClH/c1-3-18(20,4-2)12-21-16(23)10-15-11-24-17(22-15)9-13-5-7-14(19)8-6-13;;/h5-8,11H,3-4,9-10,12,20H2,1-2H3,(H,21,23);2*1H. The summed E-state index contributed by atoms with van der Waals surface area (Å²) in [5.74, 6) is -0.309. The first-order valence-electron chi connectivity index (χ1n) is 8.17. The molecule has 3 N–H and O–H groups in total. The first-order valence-corrected chi connectivity index (χ1v) is 9.05. The molecular weight excluding hydrogens is 396 g/mol. The Hall–Kier alpha value is -1.21. The van der Waals surface area contributed by atoms with E-state index in [0.29, 0.717) is 13.0 Å². The molecule has 2 rings (SSSR count). The zero-order chi connectivity index (χ0) is 17.6. The zero-order valence-electron chi connectivity index (χ0n) is 15.0. The summed E-state index contributed by atoms with van der Waals surface area (Å²) in [6, 6.07) is 6.38. The van der Waals surface area contributed by atoms with Crippen LogP contribution >= 0.6 is 36.2 Å². The monoisotopic (exact) mass is 421 g/mol. The van der Waals surface area contributed by atoms with Gasteiger partial charge < -0.3 is 11.1 Å². The highest BCUT2D eigenvalue weighted by molar-refractivity contribution is 7.09. The van der Waals surface area contributed by atoms with Crippen LogP contribution in [0.5, 0.6) is 0 Å². The Morgan fingerprint density at radius 3 is 2.42 bits per heavy atom. The highest BCUT2D eigenvalue weighted by Gasteiger charge is 2.21. The number of nitrogens with one attached hydrogen (secondary N) is 1. The number of rotatable bonds is 8. The summed E-state index contributed by atoms with van der Waals surface area (Å²) in [6.45, 7) is 4.53. The summed E-state index contributed by atoms with van der Waals surface area (Å²) in [4.78, 5) is 16.5. The fourth-order valence-electron chi connectivity index (χ4n) is 2.29. The van der Waals surface area contributed by atoms with Gasteiger partial charge in [0, 0.05) is 23.9 Å². The van der Waals surface area contributed by atoms with E-state index in [1.807, 2.05) is 19.2 Å². The minimum atomic E-state index is -0.342. The van der Waals surface area contributed by atoms with Gasteiger partial charge in [-0.1, -0.05) is 26.0 Å². The highest BCUT2D eigenvalue weighted by atomic mass is 35.5. The Morgan fingerprint density at radius 1 is 1.23 bits per heavy atom. The minimum Gasteiger partial charge on any atom is -0.354 e. The summed E-state index contributed by atoms with van der Waals surface area (Å²) in [5.41, 5.74) is 7.60. The van der Waals surface area contributed by atoms with E-state index < -0.39 is 0 Å². The molecule has 26 heavy (non-hydrogen) atoms. The average Bonchev–Trinajstić information content (AvgIpc) is 3.01. The number of amides is 1. The van der Waals surface area contributed by atoms with Crippen LogP contribution in [0.15, 0.2) is 29.6 Å². The van der Waals surface area contributed by atoms with Gasteiger partial charge in [-0.2, -0.15) is 0 Å². The molecule has 0 aliphatic heterocycles. The molecule has 0 saturated carbocycles. The van der Waals surface area contributed by atoms with Crippen LogP contribution in [0, 0.1) is 5.82 Å². The van der Waals surface area contributed by atoms with E-state index in [4.69, 9.17) is 5.73 Å². The third-order valence-corrected chi connectivity index (χ3v) is 5.15. The van der Waals surface area contributed by atoms with Gasteiger partial charge in [-0.15, -0.1) is 36.2 Å². The number of thiazole rings is 1. The second-order valence-corrected chi connectivity index (χ2v) is 7.00. The van der Waals surface area contributed by atoms with Gasteiger partial charge >= 0.3 is 0 Å². The lowest BCUT2D eigenvalue weighted by Gasteiger charge is -2.26. The molecule has 146 valence electrons. The van der Waals surface area contributed by atoms with Crippen LogP contribution < -0.4 is 11.1 Å². The predicted molar refractivity (Wildman–Crippen MR) is 110 cm³/mol. The molecule has 0 fully saturated rings. The molecule has 0 atom stereocenters. The summed E-state index contributed by atoms with van der Waals surface area (Å²) >= 11 is 1.51. The van der Waals surface area contributed by atoms with Crippen molar-refractivity contribution in [3.05, 3.63) is 51.7 Å². The van der Waals surface area contributed by atoms with Crippen LogP contribution in [-0.4, -0.2) is 23.0 Å². The van der Waals surface area contributed by atoms with Gasteiger partial charge in [0.25, 0.3) is 0 Å². The molecule has 2 aromatic rings. The molecule has 0 radical (unpaired) electrons. The smallest absolute Gasteiger partial charge is 0.226 e. The van der Waals surface area contributed by atoms with Gasteiger partial charge in [-0.05, 0) is 30.5 Å². The molecule has 0 aliphatic rings. The number of aromatic nitrogens is 1. The molecule has 0 unspecified atom stereocenters. The van der Waals surface area contributed by atoms with Gasteiger partial charge in [-0.3, -0.25) is 4.79 Å². The number of halogens is 3. The van der Waals surface area contributed by atoms with E-state index in [1.54, 1.807) is 12.1 Å². The van der Waals surface area contributed by atoms with E-state index in [-0.39, 0.29) is 48.5 Å². The third kappa shape index (κ3) is 7.58. The maximum atomic E-state index is 12.9. The van der Waals surface area contributed by atoms with Crippen molar-refractivity contribution in [1.82, 2.24) is 10.3 Å². The van der Waals surface area contributed by atoms with Crippen molar-refractivity contribution in [3.8, 4) is 0 Å². The first-order chi connectivity index (χ1) is 11.4. The summed E-state index contributed by atoms with van der Waals surface area (Å²) < 4.78 is 12.9. The normalized spacial score (nSPS) is 10.6. The van der Waals surface area contributed by atoms with E-state index in [0.717, 1.165) is 29.1 Å². The van der Waals surface area contributed by atoms with Crippen molar-refractivity contribution in [2.75, 3.05) is 6.54 Å². The quantitative estimate of drug-likeness (QED) is 0.678. The molecule has 0 aliphatic carbocycles. The average molecular weight is 422 g/mol. The van der Waals surface area contributed by atoms with Gasteiger partial charge in [0.05, 0.1) is 17.1 Å². The Kier molecular flexibility index (Phi) is 11.0. The van der Waals surface area contributed by atoms with Crippen LogP contribution in [0.25, 0.3) is 0 Å². The van der Waals surface area contributed by atoms with Gasteiger partial charge in [0.15, 0.2) is 0 Å². The largest absolute Gasteiger partial charge is 0.354 e. The molecule has 1 amide bonds. The Balaban J connectivity index is 0.00000312. The lowest BCUT2D eigenvalue weighted by molar-refractivity contribution is -0.120. The van der Waals surface area contributed by atoms with Crippen LogP contribution in [0.3, 0.4) is 0 Å². The van der Waals surface area contributed by atoms with Crippen molar-refractivity contribution in [2.45, 2.75) is 45.1 Å². The molecule has 0 bridgehead atoms.